The average molecular weight is 577 g/mol. The van der Waals surface area contributed by atoms with E-state index in [2.05, 4.69) is 173 Å². The van der Waals surface area contributed by atoms with E-state index in [0.717, 1.165) is 50.2 Å². The largest absolute Gasteiger partial charge is 0.456 e. The van der Waals surface area contributed by atoms with Crippen LogP contribution in [0.4, 0.5) is 17.1 Å². The molecule has 0 aliphatic carbocycles. The monoisotopic (exact) mass is 576 g/mol. The molecule has 45 heavy (non-hydrogen) atoms. The lowest BCUT2D eigenvalue weighted by Crippen LogP contribution is -2.09. The lowest BCUT2D eigenvalue weighted by Gasteiger charge is -2.25. The van der Waals surface area contributed by atoms with Crippen molar-refractivity contribution in [3.63, 3.8) is 0 Å². The molecule has 9 aromatic rings. The lowest BCUT2D eigenvalue weighted by atomic mass is 10.0. The number of nitrogens with zero attached hydrogens (tertiary/aromatic N) is 2. The first-order valence-electron chi connectivity index (χ1n) is 15.3. The van der Waals surface area contributed by atoms with Gasteiger partial charge in [-0.25, -0.2) is 0 Å². The van der Waals surface area contributed by atoms with Crippen LogP contribution in [-0.4, -0.2) is 4.57 Å². The summed E-state index contributed by atoms with van der Waals surface area (Å²) in [5.41, 5.74) is 11.0. The molecule has 0 spiro atoms. The van der Waals surface area contributed by atoms with Gasteiger partial charge in [0.2, 0.25) is 0 Å². The molecule has 0 amide bonds. The van der Waals surface area contributed by atoms with Crippen molar-refractivity contribution in [1.29, 1.82) is 0 Å². The molecule has 9 rings (SSSR count). The summed E-state index contributed by atoms with van der Waals surface area (Å²) in [5.74, 6) is 0. The zero-order valence-electron chi connectivity index (χ0n) is 24.5. The summed E-state index contributed by atoms with van der Waals surface area (Å²) in [5, 5.41) is 4.71. The van der Waals surface area contributed by atoms with E-state index in [9.17, 15) is 0 Å². The summed E-state index contributed by atoms with van der Waals surface area (Å²) in [6.07, 6.45) is 0. The van der Waals surface area contributed by atoms with E-state index in [-0.39, 0.29) is 0 Å². The maximum absolute atomic E-state index is 6.51. The van der Waals surface area contributed by atoms with Crippen LogP contribution in [0.2, 0.25) is 0 Å². The minimum atomic E-state index is 0.894. The Hall–Kier alpha value is -6.06. The van der Waals surface area contributed by atoms with Crippen molar-refractivity contribution < 1.29 is 4.42 Å². The van der Waals surface area contributed by atoms with Crippen LogP contribution in [0, 0.1) is 0 Å². The molecular formula is C42H28N2O. The van der Waals surface area contributed by atoms with Gasteiger partial charge in [-0.2, -0.15) is 0 Å². The quantitative estimate of drug-likeness (QED) is 0.203. The third kappa shape index (κ3) is 4.13. The topological polar surface area (TPSA) is 21.3 Å². The molecular weight excluding hydrogens is 548 g/mol. The van der Waals surface area contributed by atoms with Gasteiger partial charge in [-0.1, -0.05) is 97.1 Å². The molecule has 0 fully saturated rings. The van der Waals surface area contributed by atoms with E-state index in [1.807, 2.05) is 6.07 Å². The van der Waals surface area contributed by atoms with Gasteiger partial charge in [-0.05, 0) is 89.3 Å². The van der Waals surface area contributed by atoms with Gasteiger partial charge in [-0.3, -0.25) is 0 Å². The van der Waals surface area contributed by atoms with Crippen LogP contribution in [0.15, 0.2) is 174 Å². The zero-order chi connectivity index (χ0) is 29.7. The number of hydrogen-bond acceptors (Lipinski definition) is 2. The third-order valence-electron chi connectivity index (χ3n) is 8.79. The van der Waals surface area contributed by atoms with Crippen LogP contribution in [0.5, 0.6) is 0 Å². The molecule has 7 aromatic carbocycles. The number of anilines is 3. The molecule has 0 aliphatic heterocycles. The highest BCUT2D eigenvalue weighted by atomic mass is 16.3. The van der Waals surface area contributed by atoms with Crippen molar-refractivity contribution >= 4 is 60.8 Å². The van der Waals surface area contributed by atoms with Crippen LogP contribution in [0.25, 0.3) is 60.6 Å². The van der Waals surface area contributed by atoms with Crippen LogP contribution >= 0.6 is 0 Å². The van der Waals surface area contributed by atoms with Crippen molar-refractivity contribution in [3.05, 3.63) is 170 Å². The molecule has 212 valence electrons. The summed E-state index contributed by atoms with van der Waals surface area (Å²) < 4.78 is 8.87. The van der Waals surface area contributed by atoms with Gasteiger partial charge in [0.25, 0.3) is 0 Å². The second kappa shape index (κ2) is 10.3. The smallest absolute Gasteiger partial charge is 0.137 e. The predicted molar refractivity (Wildman–Crippen MR) is 188 cm³/mol. The highest BCUT2D eigenvalue weighted by molar-refractivity contribution is 6.26. The van der Waals surface area contributed by atoms with Gasteiger partial charge in [0.05, 0.1) is 16.4 Å². The molecule has 0 bridgehead atoms. The molecule has 0 atom stereocenters. The number of aromatic nitrogens is 1. The Balaban J connectivity index is 1.13. The first kappa shape index (κ1) is 25.4. The number of benzene rings is 7. The Labute approximate surface area is 260 Å². The van der Waals surface area contributed by atoms with Gasteiger partial charge in [0, 0.05) is 33.5 Å². The summed E-state index contributed by atoms with van der Waals surface area (Å²) in [6.45, 7) is 0. The number of fused-ring (bicyclic) bond motifs is 2. The fraction of sp³-hybridized carbons (Fsp3) is 0. The van der Waals surface area contributed by atoms with Crippen molar-refractivity contribution in [1.82, 2.24) is 4.57 Å². The summed E-state index contributed by atoms with van der Waals surface area (Å²) >= 11 is 0. The van der Waals surface area contributed by atoms with Gasteiger partial charge in [0.1, 0.15) is 11.2 Å². The fourth-order valence-corrected chi connectivity index (χ4v) is 6.77. The molecule has 3 nitrogen and oxygen atoms in total. The Morgan fingerprint density at radius 3 is 1.58 bits per heavy atom. The Morgan fingerprint density at radius 2 is 0.889 bits per heavy atom. The molecule has 2 aromatic heterocycles. The molecule has 0 radical (unpaired) electrons. The van der Waals surface area contributed by atoms with E-state index in [1.54, 1.807) is 0 Å². The molecule has 0 saturated heterocycles. The normalized spacial score (nSPS) is 11.6. The second-order valence-corrected chi connectivity index (χ2v) is 11.4. The van der Waals surface area contributed by atoms with Crippen LogP contribution in [0.3, 0.4) is 0 Å². The third-order valence-corrected chi connectivity index (χ3v) is 8.79. The average Bonchev–Trinajstić information content (AvgIpc) is 3.37. The van der Waals surface area contributed by atoms with E-state index in [4.69, 9.17) is 4.42 Å². The second-order valence-electron chi connectivity index (χ2n) is 11.4. The van der Waals surface area contributed by atoms with Crippen LogP contribution in [0.1, 0.15) is 0 Å². The van der Waals surface area contributed by atoms with Crippen LogP contribution < -0.4 is 4.90 Å². The van der Waals surface area contributed by atoms with Crippen molar-refractivity contribution in [2.45, 2.75) is 0 Å². The maximum Gasteiger partial charge on any atom is 0.137 e. The Bertz CT molecular complexity index is 2410. The van der Waals surface area contributed by atoms with E-state index < -0.39 is 0 Å². The van der Waals surface area contributed by atoms with Gasteiger partial charge >= 0.3 is 0 Å². The molecule has 0 unspecified atom stereocenters. The molecule has 0 aliphatic rings. The van der Waals surface area contributed by atoms with E-state index >= 15 is 0 Å². The first-order chi connectivity index (χ1) is 22.3. The fourth-order valence-electron chi connectivity index (χ4n) is 6.77. The first-order valence-corrected chi connectivity index (χ1v) is 15.3. The SMILES string of the molecule is c1ccc(N(c2ccccc2)c2ccc(-c3ccc(-n4c5cccc6oc7ccccc7c7cccc4c7c65)cc3)cc2)cc1. The molecule has 0 saturated carbocycles. The Morgan fingerprint density at radius 1 is 0.378 bits per heavy atom. The molecule has 2 heterocycles. The highest BCUT2D eigenvalue weighted by Gasteiger charge is 2.18. The molecule has 0 N–H and O–H groups in total. The summed E-state index contributed by atoms with van der Waals surface area (Å²) in [4.78, 5) is 2.29. The van der Waals surface area contributed by atoms with E-state index in [0.29, 0.717) is 0 Å². The molecule has 3 heteroatoms. The number of hydrogen-bond donors (Lipinski definition) is 0. The number of rotatable bonds is 5. The van der Waals surface area contributed by atoms with Crippen molar-refractivity contribution in [2.75, 3.05) is 4.90 Å². The standard InChI is InChI=1S/C42H28N2O/c1-3-11-31(12-4-1)43(32-13-5-2-6-14-32)33-25-21-29(22-26-33)30-23-27-34(28-24-30)44-37-17-9-16-36-35-15-7-8-19-39(35)45-40-20-10-18-38(44)42(40)41(36)37/h1-28H. The highest BCUT2D eigenvalue weighted by Crippen LogP contribution is 2.41. The van der Waals surface area contributed by atoms with Gasteiger partial charge in [0.15, 0.2) is 0 Å². The predicted octanol–water partition coefficient (Wildman–Crippen LogP) is 11.8. The van der Waals surface area contributed by atoms with E-state index in [1.165, 1.54) is 27.4 Å². The van der Waals surface area contributed by atoms with Crippen LogP contribution in [-0.2, 0) is 0 Å². The summed E-state index contributed by atoms with van der Waals surface area (Å²) in [6, 6.07) is 60.0. The minimum absolute atomic E-state index is 0.894. The lowest BCUT2D eigenvalue weighted by molar-refractivity contribution is 0.664. The maximum atomic E-state index is 6.51. The minimum Gasteiger partial charge on any atom is -0.456 e. The Kier molecular flexibility index (Phi) is 5.82. The number of para-hydroxylation sites is 3. The zero-order valence-corrected chi connectivity index (χ0v) is 24.5. The van der Waals surface area contributed by atoms with Gasteiger partial charge < -0.3 is 13.9 Å². The summed E-state index contributed by atoms with van der Waals surface area (Å²) in [7, 11) is 0. The van der Waals surface area contributed by atoms with Crippen molar-refractivity contribution in [2.24, 2.45) is 0 Å². The van der Waals surface area contributed by atoms with Gasteiger partial charge in [-0.15, -0.1) is 0 Å². The van der Waals surface area contributed by atoms with Crippen molar-refractivity contribution in [3.8, 4) is 16.8 Å².